The van der Waals surface area contributed by atoms with E-state index in [1.807, 2.05) is 30.3 Å². The minimum absolute atomic E-state index is 0.0915. The number of carbonyl (C=O) groups is 3. The Balaban J connectivity index is 1.32. The van der Waals surface area contributed by atoms with Crippen LogP contribution in [0, 0.1) is 0 Å². The molecule has 4 N–H and O–H groups in total. The molecule has 0 spiro atoms. The van der Waals surface area contributed by atoms with Crippen molar-refractivity contribution in [3.63, 3.8) is 0 Å². The second kappa shape index (κ2) is 11.9. The molecule has 0 aromatic heterocycles. The normalized spacial score (nSPS) is 16.3. The molecule has 39 heavy (non-hydrogen) atoms. The smallest absolute Gasteiger partial charge is 0.335 e. The van der Waals surface area contributed by atoms with Gasteiger partial charge in [-0.3, -0.25) is 14.4 Å². The quantitative estimate of drug-likeness (QED) is 0.185. The number of nitrogens with zero attached hydrogens (tertiary/aromatic N) is 1. The van der Waals surface area contributed by atoms with Crippen LogP contribution in [0.2, 0.25) is 0 Å². The molecular weight excluding hydrogens is 496 g/mol. The summed E-state index contributed by atoms with van der Waals surface area (Å²) < 4.78 is 0. The Labute approximate surface area is 226 Å². The lowest BCUT2D eigenvalue weighted by atomic mass is 9.99. The first-order valence-corrected chi connectivity index (χ1v) is 13.0. The molecule has 0 atom stereocenters. The van der Waals surface area contributed by atoms with E-state index in [-0.39, 0.29) is 17.4 Å². The van der Waals surface area contributed by atoms with Crippen molar-refractivity contribution in [3.8, 4) is 0 Å². The SMILES string of the molecule is O=C1Nc2cc(C(=O)O)ccc2/C1=C(/Nc1ccc(C(=O)NOCCN2CCCCC2)cc1)c1ccccc1. The highest BCUT2D eigenvalue weighted by molar-refractivity contribution is 6.37. The Morgan fingerprint density at radius 2 is 1.62 bits per heavy atom. The monoisotopic (exact) mass is 526 g/mol. The third kappa shape index (κ3) is 6.17. The van der Waals surface area contributed by atoms with Gasteiger partial charge in [-0.05, 0) is 67.9 Å². The van der Waals surface area contributed by atoms with Crippen molar-refractivity contribution in [2.45, 2.75) is 19.3 Å². The van der Waals surface area contributed by atoms with Gasteiger partial charge < -0.3 is 20.6 Å². The molecule has 3 aromatic carbocycles. The van der Waals surface area contributed by atoms with E-state index >= 15 is 0 Å². The van der Waals surface area contributed by atoms with E-state index in [4.69, 9.17) is 4.84 Å². The summed E-state index contributed by atoms with van der Waals surface area (Å²) in [4.78, 5) is 44.7. The van der Waals surface area contributed by atoms with Gasteiger partial charge in [0.05, 0.1) is 29.1 Å². The molecular formula is C30H30N4O5. The maximum Gasteiger partial charge on any atom is 0.335 e. The summed E-state index contributed by atoms with van der Waals surface area (Å²) >= 11 is 0. The van der Waals surface area contributed by atoms with E-state index in [0.29, 0.717) is 40.4 Å². The average Bonchev–Trinajstić information content (AvgIpc) is 3.30. The van der Waals surface area contributed by atoms with Crippen LogP contribution in [-0.4, -0.2) is 54.0 Å². The number of aromatic carboxylic acids is 1. The zero-order chi connectivity index (χ0) is 27.2. The van der Waals surface area contributed by atoms with E-state index in [0.717, 1.165) is 25.2 Å². The number of carboxylic acids is 1. The average molecular weight is 527 g/mol. The summed E-state index contributed by atoms with van der Waals surface area (Å²) in [5.74, 6) is -1.74. The number of carboxylic acid groups (broad SMARTS) is 1. The number of amides is 2. The van der Waals surface area contributed by atoms with Gasteiger partial charge in [-0.25, -0.2) is 10.3 Å². The molecule has 0 bridgehead atoms. The zero-order valence-corrected chi connectivity index (χ0v) is 21.4. The zero-order valence-electron chi connectivity index (χ0n) is 21.4. The number of piperidine rings is 1. The van der Waals surface area contributed by atoms with Gasteiger partial charge in [-0.2, -0.15) is 0 Å². The van der Waals surface area contributed by atoms with E-state index in [1.54, 1.807) is 30.3 Å². The molecule has 2 aliphatic heterocycles. The highest BCUT2D eigenvalue weighted by atomic mass is 16.7. The predicted molar refractivity (Wildman–Crippen MR) is 149 cm³/mol. The minimum Gasteiger partial charge on any atom is -0.478 e. The van der Waals surface area contributed by atoms with Gasteiger partial charge in [0.2, 0.25) is 0 Å². The first-order chi connectivity index (χ1) is 19.0. The van der Waals surface area contributed by atoms with Crippen LogP contribution >= 0.6 is 0 Å². The molecule has 2 aliphatic rings. The fourth-order valence-corrected chi connectivity index (χ4v) is 4.82. The van der Waals surface area contributed by atoms with Crippen LogP contribution in [0.3, 0.4) is 0 Å². The Kier molecular flexibility index (Phi) is 8.00. The van der Waals surface area contributed by atoms with Crippen LogP contribution < -0.4 is 16.1 Å². The molecule has 5 rings (SSSR count). The number of fused-ring (bicyclic) bond motifs is 1. The molecule has 9 nitrogen and oxygen atoms in total. The molecule has 9 heteroatoms. The second-order valence-corrected chi connectivity index (χ2v) is 9.52. The van der Waals surface area contributed by atoms with Crippen molar-refractivity contribution in [1.82, 2.24) is 10.4 Å². The summed E-state index contributed by atoms with van der Waals surface area (Å²) in [5, 5.41) is 15.4. The fourth-order valence-electron chi connectivity index (χ4n) is 4.82. The van der Waals surface area contributed by atoms with Crippen LogP contribution in [-0.2, 0) is 9.63 Å². The second-order valence-electron chi connectivity index (χ2n) is 9.52. The summed E-state index contributed by atoms with van der Waals surface area (Å²) in [6, 6.07) is 20.8. The molecule has 2 amide bonds. The number of carbonyl (C=O) groups excluding carboxylic acids is 2. The van der Waals surface area contributed by atoms with Crippen LogP contribution in [0.25, 0.3) is 11.3 Å². The first-order valence-electron chi connectivity index (χ1n) is 13.0. The molecule has 2 heterocycles. The summed E-state index contributed by atoms with van der Waals surface area (Å²) in [6.45, 7) is 3.36. The number of benzene rings is 3. The van der Waals surface area contributed by atoms with Crippen molar-refractivity contribution >= 4 is 40.4 Å². The topological polar surface area (TPSA) is 120 Å². The van der Waals surface area contributed by atoms with Gasteiger partial charge in [0.1, 0.15) is 0 Å². The highest BCUT2D eigenvalue weighted by Gasteiger charge is 2.29. The summed E-state index contributed by atoms with van der Waals surface area (Å²) in [6.07, 6.45) is 3.69. The predicted octanol–water partition coefficient (Wildman–Crippen LogP) is 4.46. The minimum atomic E-state index is -1.07. The Morgan fingerprint density at radius 3 is 2.33 bits per heavy atom. The maximum atomic E-state index is 13.1. The van der Waals surface area contributed by atoms with Gasteiger partial charge in [0.25, 0.3) is 11.8 Å². The van der Waals surface area contributed by atoms with Gasteiger partial charge >= 0.3 is 5.97 Å². The van der Waals surface area contributed by atoms with Crippen LogP contribution in [0.5, 0.6) is 0 Å². The molecule has 1 saturated heterocycles. The number of anilines is 2. The molecule has 0 radical (unpaired) electrons. The van der Waals surface area contributed by atoms with Crippen molar-refractivity contribution < 1.29 is 24.3 Å². The van der Waals surface area contributed by atoms with Crippen molar-refractivity contribution in [1.29, 1.82) is 0 Å². The number of likely N-dealkylation sites (tertiary alicyclic amines) is 1. The van der Waals surface area contributed by atoms with Crippen LogP contribution in [0.15, 0.2) is 72.8 Å². The maximum absolute atomic E-state index is 13.1. The van der Waals surface area contributed by atoms with Crippen molar-refractivity contribution in [3.05, 3.63) is 95.1 Å². The third-order valence-electron chi connectivity index (χ3n) is 6.86. The summed E-state index contributed by atoms with van der Waals surface area (Å²) in [7, 11) is 0. The highest BCUT2D eigenvalue weighted by Crippen LogP contribution is 2.38. The molecule has 0 saturated carbocycles. The molecule has 3 aromatic rings. The van der Waals surface area contributed by atoms with E-state index in [1.165, 1.54) is 31.4 Å². The van der Waals surface area contributed by atoms with Crippen molar-refractivity contribution in [2.75, 3.05) is 36.9 Å². The van der Waals surface area contributed by atoms with Gasteiger partial charge in [-0.15, -0.1) is 0 Å². The lowest BCUT2D eigenvalue weighted by Gasteiger charge is -2.25. The van der Waals surface area contributed by atoms with E-state index in [9.17, 15) is 19.5 Å². The number of rotatable bonds is 9. The first kappa shape index (κ1) is 26.1. The Hall–Kier alpha value is -4.47. The molecule has 0 aliphatic carbocycles. The van der Waals surface area contributed by atoms with Crippen molar-refractivity contribution in [2.24, 2.45) is 0 Å². The molecule has 1 fully saturated rings. The number of hydrogen-bond acceptors (Lipinski definition) is 6. The summed E-state index contributed by atoms with van der Waals surface area (Å²) in [5.41, 5.74) is 6.51. The molecule has 200 valence electrons. The lowest BCUT2D eigenvalue weighted by molar-refractivity contribution is -0.110. The third-order valence-corrected chi connectivity index (χ3v) is 6.86. The Morgan fingerprint density at radius 1 is 0.897 bits per heavy atom. The Bertz CT molecular complexity index is 1400. The number of hydrogen-bond donors (Lipinski definition) is 4. The standard InChI is InChI=1S/C30H30N4O5/c35-28(33-39-18-17-34-15-5-2-6-16-34)21-9-12-23(13-10-21)31-27(20-7-3-1-4-8-20)26-24-14-11-22(30(37)38)19-25(24)32-29(26)36/h1,3-4,7-14,19,31H,2,5-6,15-18H2,(H,32,36)(H,33,35)(H,37,38)/b27-26-. The van der Waals surface area contributed by atoms with Gasteiger partial charge in [0.15, 0.2) is 0 Å². The largest absolute Gasteiger partial charge is 0.478 e. The van der Waals surface area contributed by atoms with Crippen LogP contribution in [0.4, 0.5) is 11.4 Å². The molecule has 0 unspecified atom stereocenters. The van der Waals surface area contributed by atoms with Gasteiger partial charge in [-0.1, -0.05) is 42.8 Å². The van der Waals surface area contributed by atoms with E-state index in [2.05, 4.69) is 21.0 Å². The van der Waals surface area contributed by atoms with Gasteiger partial charge in [0, 0.05) is 23.4 Å². The van der Waals surface area contributed by atoms with Crippen LogP contribution in [0.1, 0.15) is 51.1 Å². The van der Waals surface area contributed by atoms with E-state index < -0.39 is 5.97 Å². The number of nitrogens with one attached hydrogen (secondary N) is 3. The number of hydroxylamine groups is 1. The lowest BCUT2D eigenvalue weighted by Crippen LogP contribution is -2.35. The fraction of sp³-hybridized carbons (Fsp3) is 0.233.